The average Bonchev–Trinajstić information content (AvgIpc) is 3.26. The van der Waals surface area contributed by atoms with E-state index in [4.69, 9.17) is 15.2 Å². The molecule has 3 nitrogen and oxygen atoms in total. The maximum absolute atomic E-state index is 6.85. The first-order valence-corrected chi connectivity index (χ1v) is 10.0. The molecule has 0 aromatic heterocycles. The van der Waals surface area contributed by atoms with Crippen LogP contribution in [0.3, 0.4) is 0 Å². The van der Waals surface area contributed by atoms with Gasteiger partial charge < -0.3 is 15.2 Å². The summed E-state index contributed by atoms with van der Waals surface area (Å²) >= 11 is 3.53. The molecule has 5 heteroatoms. The summed E-state index contributed by atoms with van der Waals surface area (Å²) in [5, 5.41) is 0.363. The smallest absolute Gasteiger partial charge is 0.210 e. The highest BCUT2D eigenvalue weighted by Crippen LogP contribution is 2.59. The molecule has 0 spiro atoms. The third-order valence-corrected chi connectivity index (χ3v) is 7.98. The molecule has 2 fully saturated rings. The van der Waals surface area contributed by atoms with Crippen LogP contribution in [0.25, 0.3) is 0 Å². The second-order valence-corrected chi connectivity index (χ2v) is 9.08. The molecule has 0 saturated carbocycles. The molecule has 126 valence electrons. The quantitative estimate of drug-likeness (QED) is 0.899. The zero-order valence-corrected chi connectivity index (χ0v) is 15.0. The molecule has 2 N–H and O–H groups in total. The zero-order valence-electron chi connectivity index (χ0n) is 13.4. The van der Waals surface area contributed by atoms with Crippen molar-refractivity contribution in [2.45, 2.75) is 21.7 Å². The third-order valence-electron chi connectivity index (χ3n) is 4.50. The summed E-state index contributed by atoms with van der Waals surface area (Å²) in [6.07, 6.45) is 0.672. The van der Waals surface area contributed by atoms with Crippen molar-refractivity contribution in [3.8, 4) is 0 Å². The first-order chi connectivity index (χ1) is 11.7. The van der Waals surface area contributed by atoms with E-state index < -0.39 is 9.99 Å². The molecule has 0 amide bonds. The molecular weight excluding hydrogens is 338 g/mol. The standard InChI is InChI=1S/C19H21NO2S2/c20-19(23-14-17(24-19)16-9-5-2-6-10-16)18(21-11-12-22-18)13-15-7-3-1-4-8-15/h1-10,17H,11-14,20H2/t17?,19-/m0/s1. The molecular formula is C19H21NO2S2. The van der Waals surface area contributed by atoms with Gasteiger partial charge in [0, 0.05) is 17.4 Å². The average molecular weight is 360 g/mol. The molecule has 2 aliphatic heterocycles. The number of benzene rings is 2. The van der Waals surface area contributed by atoms with Crippen molar-refractivity contribution in [3.63, 3.8) is 0 Å². The lowest BCUT2D eigenvalue weighted by atomic mass is 10.0. The summed E-state index contributed by atoms with van der Waals surface area (Å²) in [5.74, 6) is 0.196. The van der Waals surface area contributed by atoms with Gasteiger partial charge in [-0.1, -0.05) is 60.7 Å². The first kappa shape index (κ1) is 16.5. The third kappa shape index (κ3) is 3.00. The van der Waals surface area contributed by atoms with Crippen molar-refractivity contribution >= 4 is 23.5 Å². The lowest BCUT2D eigenvalue weighted by Crippen LogP contribution is -2.57. The minimum atomic E-state index is -0.771. The highest BCUT2D eigenvalue weighted by atomic mass is 32.2. The van der Waals surface area contributed by atoms with E-state index in [2.05, 4.69) is 36.4 Å². The first-order valence-electron chi connectivity index (χ1n) is 8.18. The summed E-state index contributed by atoms with van der Waals surface area (Å²) in [4.78, 5) is 0. The number of nitrogens with two attached hydrogens (primary N) is 1. The fourth-order valence-corrected chi connectivity index (χ4v) is 6.64. The molecule has 2 aromatic rings. The Morgan fingerprint density at radius 3 is 2.25 bits per heavy atom. The molecule has 2 saturated heterocycles. The van der Waals surface area contributed by atoms with E-state index in [1.54, 1.807) is 23.5 Å². The van der Waals surface area contributed by atoms with Crippen molar-refractivity contribution in [1.82, 2.24) is 0 Å². The van der Waals surface area contributed by atoms with Crippen LogP contribution >= 0.6 is 23.5 Å². The molecule has 0 aliphatic carbocycles. The van der Waals surface area contributed by atoms with Crippen molar-refractivity contribution in [2.75, 3.05) is 19.0 Å². The predicted molar refractivity (Wildman–Crippen MR) is 101 cm³/mol. The number of ether oxygens (including phenoxy) is 2. The number of thioether (sulfide) groups is 2. The molecule has 4 rings (SSSR count). The number of hydrogen-bond donors (Lipinski definition) is 1. The van der Waals surface area contributed by atoms with Gasteiger partial charge in [0.2, 0.25) is 5.79 Å². The SMILES string of the molecule is N[C@@]1(C2(Cc3ccccc3)OCCO2)SCC(c2ccccc2)S1. The van der Waals surface area contributed by atoms with Gasteiger partial charge in [-0.15, -0.1) is 23.5 Å². The summed E-state index contributed by atoms with van der Waals surface area (Å²) in [6, 6.07) is 20.9. The Kier molecular flexibility index (Phi) is 4.62. The van der Waals surface area contributed by atoms with E-state index in [0.717, 1.165) is 5.75 Å². The summed E-state index contributed by atoms with van der Waals surface area (Å²) in [7, 11) is 0. The molecule has 1 unspecified atom stereocenters. The second kappa shape index (κ2) is 6.73. The lowest BCUT2D eigenvalue weighted by Gasteiger charge is -2.40. The highest BCUT2D eigenvalue weighted by molar-refractivity contribution is 8.21. The van der Waals surface area contributed by atoms with E-state index in [-0.39, 0.29) is 0 Å². The van der Waals surface area contributed by atoms with Gasteiger partial charge in [0.25, 0.3) is 0 Å². The lowest BCUT2D eigenvalue weighted by molar-refractivity contribution is -0.161. The molecule has 0 radical (unpaired) electrons. The van der Waals surface area contributed by atoms with Crippen LogP contribution in [0, 0.1) is 0 Å². The predicted octanol–water partition coefficient (Wildman–Crippen LogP) is 3.81. The van der Waals surface area contributed by atoms with Crippen LogP contribution in [-0.4, -0.2) is 29.0 Å². The van der Waals surface area contributed by atoms with Crippen LogP contribution in [-0.2, 0) is 15.9 Å². The van der Waals surface area contributed by atoms with Crippen LogP contribution in [0.2, 0.25) is 0 Å². The van der Waals surface area contributed by atoms with Gasteiger partial charge in [0.05, 0.1) is 13.2 Å². The van der Waals surface area contributed by atoms with Crippen molar-refractivity contribution < 1.29 is 9.47 Å². The van der Waals surface area contributed by atoms with Gasteiger partial charge in [-0.05, 0) is 11.1 Å². The van der Waals surface area contributed by atoms with E-state index in [1.165, 1.54) is 11.1 Å². The number of hydrogen-bond acceptors (Lipinski definition) is 5. The summed E-state index contributed by atoms with van der Waals surface area (Å²) in [5.41, 5.74) is 9.35. The topological polar surface area (TPSA) is 44.5 Å². The van der Waals surface area contributed by atoms with Crippen LogP contribution in [0.4, 0.5) is 0 Å². The van der Waals surface area contributed by atoms with E-state index in [9.17, 15) is 0 Å². The van der Waals surface area contributed by atoms with E-state index in [1.807, 2.05) is 24.3 Å². The van der Waals surface area contributed by atoms with Gasteiger partial charge in [-0.2, -0.15) is 0 Å². The Labute approximate surface area is 151 Å². The second-order valence-electron chi connectivity index (χ2n) is 6.11. The highest BCUT2D eigenvalue weighted by Gasteiger charge is 2.58. The molecule has 2 aromatic carbocycles. The fraction of sp³-hybridized carbons (Fsp3) is 0.368. The molecule has 2 atom stereocenters. The Hall–Kier alpha value is -0.980. The van der Waals surface area contributed by atoms with Crippen molar-refractivity contribution in [2.24, 2.45) is 5.73 Å². The van der Waals surface area contributed by atoms with Gasteiger partial charge in [0.1, 0.15) is 0 Å². The minimum Gasteiger partial charge on any atom is -0.344 e. The summed E-state index contributed by atoms with van der Waals surface area (Å²) < 4.78 is 11.6. The maximum atomic E-state index is 6.85. The van der Waals surface area contributed by atoms with Gasteiger partial charge in [0.15, 0.2) is 4.20 Å². The van der Waals surface area contributed by atoms with Crippen LogP contribution in [0.1, 0.15) is 16.4 Å². The molecule has 2 aliphatic rings. The fourth-order valence-electron chi connectivity index (χ4n) is 3.26. The Balaban J connectivity index is 1.59. The Bertz CT molecular complexity index is 676. The van der Waals surface area contributed by atoms with E-state index >= 15 is 0 Å². The van der Waals surface area contributed by atoms with Gasteiger partial charge in [-0.25, -0.2) is 0 Å². The van der Waals surface area contributed by atoms with Crippen molar-refractivity contribution in [3.05, 3.63) is 71.8 Å². The van der Waals surface area contributed by atoms with Gasteiger partial charge >= 0.3 is 0 Å². The monoisotopic (exact) mass is 359 g/mol. The van der Waals surface area contributed by atoms with Crippen molar-refractivity contribution in [1.29, 1.82) is 0 Å². The van der Waals surface area contributed by atoms with E-state index in [0.29, 0.717) is 24.9 Å². The van der Waals surface area contributed by atoms with Gasteiger partial charge in [-0.3, -0.25) is 0 Å². The van der Waals surface area contributed by atoms with Crippen LogP contribution < -0.4 is 5.73 Å². The largest absolute Gasteiger partial charge is 0.344 e. The Morgan fingerprint density at radius 1 is 0.958 bits per heavy atom. The number of rotatable bonds is 4. The Morgan fingerprint density at radius 2 is 1.58 bits per heavy atom. The minimum absolute atomic E-state index is 0.363. The molecule has 2 heterocycles. The normalized spacial score (nSPS) is 29.0. The zero-order chi connectivity index (χ0) is 16.5. The maximum Gasteiger partial charge on any atom is 0.210 e. The van der Waals surface area contributed by atoms with Crippen LogP contribution in [0.15, 0.2) is 60.7 Å². The molecule has 24 heavy (non-hydrogen) atoms. The molecule has 0 bridgehead atoms. The van der Waals surface area contributed by atoms with Crippen LogP contribution in [0.5, 0.6) is 0 Å². The summed E-state index contributed by atoms with van der Waals surface area (Å²) in [6.45, 7) is 1.20.